The van der Waals surface area contributed by atoms with Crippen LogP contribution in [0, 0.1) is 5.92 Å². The largest absolute Gasteiger partial charge is 0.489 e. The summed E-state index contributed by atoms with van der Waals surface area (Å²) < 4.78 is 11.7. The van der Waals surface area contributed by atoms with Gasteiger partial charge in [0.05, 0.1) is 12.2 Å². The summed E-state index contributed by atoms with van der Waals surface area (Å²) in [4.78, 5) is 28.8. The zero-order valence-corrected chi connectivity index (χ0v) is 22.7. The van der Waals surface area contributed by atoms with Crippen molar-refractivity contribution in [2.24, 2.45) is 5.92 Å². The van der Waals surface area contributed by atoms with Crippen molar-refractivity contribution >= 4 is 17.6 Å². The minimum atomic E-state index is -0.703. The molecular weight excluding hydrogens is 476 g/mol. The second-order valence-corrected chi connectivity index (χ2v) is 10.6. The Morgan fingerprint density at radius 2 is 1.63 bits per heavy atom. The van der Waals surface area contributed by atoms with Crippen molar-refractivity contribution in [3.05, 3.63) is 95.6 Å². The Bertz CT molecular complexity index is 1210. The van der Waals surface area contributed by atoms with E-state index in [0.717, 1.165) is 16.8 Å². The molecule has 0 aromatic heterocycles. The van der Waals surface area contributed by atoms with E-state index in [2.05, 4.69) is 43.4 Å². The molecule has 3 aromatic rings. The van der Waals surface area contributed by atoms with Gasteiger partial charge >= 0.3 is 5.97 Å². The van der Waals surface area contributed by atoms with Crippen molar-refractivity contribution in [2.45, 2.75) is 65.3 Å². The molecule has 1 aliphatic rings. The number of hydrogen-bond acceptors (Lipinski definition) is 5. The Balaban J connectivity index is 1.54. The Kier molecular flexibility index (Phi) is 9.19. The second kappa shape index (κ2) is 12.7. The van der Waals surface area contributed by atoms with E-state index >= 15 is 0 Å². The molecule has 6 nitrogen and oxygen atoms in total. The number of rotatable bonds is 10. The van der Waals surface area contributed by atoms with Crippen LogP contribution in [0.3, 0.4) is 0 Å². The predicted octanol–water partition coefficient (Wildman–Crippen LogP) is 5.85. The van der Waals surface area contributed by atoms with E-state index < -0.39 is 12.1 Å². The number of nitrogens with zero attached hydrogens (tertiary/aromatic N) is 1. The van der Waals surface area contributed by atoms with Crippen molar-refractivity contribution in [2.75, 3.05) is 11.5 Å². The van der Waals surface area contributed by atoms with Crippen LogP contribution in [0.1, 0.15) is 56.7 Å². The van der Waals surface area contributed by atoms with Gasteiger partial charge in [-0.2, -0.15) is 0 Å². The summed E-state index contributed by atoms with van der Waals surface area (Å²) in [6, 6.07) is 24.2. The van der Waals surface area contributed by atoms with Gasteiger partial charge in [-0.05, 0) is 47.1 Å². The fourth-order valence-electron chi connectivity index (χ4n) is 4.60. The van der Waals surface area contributed by atoms with Crippen LogP contribution in [0.5, 0.6) is 5.75 Å². The van der Waals surface area contributed by atoms with Crippen LogP contribution in [0.4, 0.5) is 5.69 Å². The molecule has 0 saturated heterocycles. The van der Waals surface area contributed by atoms with Crippen molar-refractivity contribution < 1.29 is 19.1 Å². The van der Waals surface area contributed by atoms with E-state index in [-0.39, 0.29) is 31.0 Å². The number of ether oxygens (including phenoxy) is 2. The second-order valence-electron chi connectivity index (χ2n) is 10.6. The zero-order chi connectivity index (χ0) is 27.1. The van der Waals surface area contributed by atoms with Gasteiger partial charge in [0.1, 0.15) is 31.0 Å². The Morgan fingerprint density at radius 3 is 2.32 bits per heavy atom. The summed E-state index contributed by atoms with van der Waals surface area (Å²) in [5.41, 5.74) is 3.92. The standard InChI is InChI=1S/C32H38N2O4/c1-22(2)18-27(32(36)38-20-25-10-6-5-7-11-25)33-28-21-37-30-13-9-8-12-29(30)34(31(28)35)19-24-14-16-26(17-15-24)23(3)4/h5-17,22-23,27-28,33H,18-21H2,1-4H3/t27-,28?/m0/s1. The monoisotopic (exact) mass is 514 g/mol. The number of nitrogens with one attached hydrogen (secondary N) is 1. The van der Waals surface area contributed by atoms with Gasteiger partial charge < -0.3 is 14.4 Å². The molecule has 0 spiro atoms. The van der Waals surface area contributed by atoms with Crippen LogP contribution in [0.2, 0.25) is 0 Å². The van der Waals surface area contributed by atoms with Gasteiger partial charge in [-0.3, -0.25) is 14.9 Å². The molecule has 6 heteroatoms. The summed E-state index contributed by atoms with van der Waals surface area (Å²) in [6.07, 6.45) is 0.543. The summed E-state index contributed by atoms with van der Waals surface area (Å²) in [5.74, 6) is 0.814. The first-order valence-electron chi connectivity index (χ1n) is 13.4. The highest BCUT2D eigenvalue weighted by atomic mass is 16.5. The van der Waals surface area contributed by atoms with Crippen LogP contribution in [0.15, 0.2) is 78.9 Å². The summed E-state index contributed by atoms with van der Waals surface area (Å²) >= 11 is 0. The molecule has 0 bridgehead atoms. The maximum atomic E-state index is 13.9. The fourth-order valence-corrected chi connectivity index (χ4v) is 4.60. The van der Waals surface area contributed by atoms with Crippen molar-refractivity contribution in [3.8, 4) is 5.75 Å². The number of amides is 1. The molecule has 2 atom stereocenters. The van der Waals surface area contributed by atoms with Crippen LogP contribution in [0.25, 0.3) is 0 Å². The van der Waals surface area contributed by atoms with E-state index in [4.69, 9.17) is 9.47 Å². The van der Waals surface area contributed by atoms with Crippen LogP contribution >= 0.6 is 0 Å². The lowest BCUT2D eigenvalue weighted by Crippen LogP contribution is -2.54. The number of carbonyl (C=O) groups is 2. The molecule has 0 aliphatic carbocycles. The zero-order valence-electron chi connectivity index (χ0n) is 22.7. The van der Waals surface area contributed by atoms with E-state index in [1.807, 2.05) is 68.4 Å². The lowest BCUT2D eigenvalue weighted by Gasteiger charge is -2.28. The molecule has 200 valence electrons. The highest BCUT2D eigenvalue weighted by molar-refractivity contribution is 5.99. The van der Waals surface area contributed by atoms with E-state index in [1.165, 1.54) is 5.56 Å². The van der Waals surface area contributed by atoms with Gasteiger partial charge in [-0.1, -0.05) is 94.4 Å². The number of hydrogen-bond donors (Lipinski definition) is 1. The molecule has 38 heavy (non-hydrogen) atoms. The normalized spacial score (nSPS) is 16.1. The van der Waals surface area contributed by atoms with Gasteiger partial charge in [0.15, 0.2) is 0 Å². The lowest BCUT2D eigenvalue weighted by molar-refractivity contribution is -0.148. The van der Waals surface area contributed by atoms with Crippen LogP contribution in [-0.4, -0.2) is 30.6 Å². The number of fused-ring (bicyclic) bond motifs is 1. The molecule has 0 radical (unpaired) electrons. The van der Waals surface area contributed by atoms with Gasteiger partial charge in [-0.15, -0.1) is 0 Å². The Morgan fingerprint density at radius 1 is 0.947 bits per heavy atom. The van der Waals surface area contributed by atoms with Gasteiger partial charge in [0, 0.05) is 0 Å². The molecule has 0 fully saturated rings. The third-order valence-corrected chi connectivity index (χ3v) is 6.73. The van der Waals surface area contributed by atoms with Gasteiger partial charge in [0.2, 0.25) is 5.91 Å². The molecule has 1 unspecified atom stereocenters. The van der Waals surface area contributed by atoms with E-state index in [1.54, 1.807) is 4.90 Å². The molecule has 4 rings (SSSR count). The molecule has 1 N–H and O–H groups in total. The third kappa shape index (κ3) is 7.01. The highest BCUT2D eigenvalue weighted by Crippen LogP contribution is 2.32. The molecule has 1 amide bonds. The first-order valence-corrected chi connectivity index (χ1v) is 13.4. The topological polar surface area (TPSA) is 67.9 Å². The minimum absolute atomic E-state index is 0.124. The first-order chi connectivity index (χ1) is 18.3. The van der Waals surface area contributed by atoms with Crippen LogP contribution in [-0.2, 0) is 27.5 Å². The fraction of sp³-hybridized carbons (Fsp3) is 0.375. The third-order valence-electron chi connectivity index (χ3n) is 6.73. The van der Waals surface area contributed by atoms with Crippen molar-refractivity contribution in [1.82, 2.24) is 5.32 Å². The van der Waals surface area contributed by atoms with Gasteiger partial charge in [-0.25, -0.2) is 0 Å². The summed E-state index contributed by atoms with van der Waals surface area (Å²) in [7, 11) is 0. The highest BCUT2D eigenvalue weighted by Gasteiger charge is 2.35. The molecule has 3 aromatic carbocycles. The molecule has 0 saturated carbocycles. The summed E-state index contributed by atoms with van der Waals surface area (Å²) in [5, 5.41) is 3.30. The first kappa shape index (κ1) is 27.4. The van der Waals surface area contributed by atoms with Gasteiger partial charge in [0.25, 0.3) is 0 Å². The average Bonchev–Trinajstić information content (AvgIpc) is 3.04. The molecular formula is C32H38N2O4. The minimum Gasteiger partial charge on any atom is -0.489 e. The molecule has 1 aliphatic heterocycles. The number of carbonyl (C=O) groups excluding carboxylic acids is 2. The summed E-state index contributed by atoms with van der Waals surface area (Å²) in [6.45, 7) is 9.14. The van der Waals surface area contributed by atoms with E-state index in [0.29, 0.717) is 24.6 Å². The lowest BCUT2D eigenvalue weighted by atomic mass is 10.0. The van der Waals surface area contributed by atoms with Crippen molar-refractivity contribution in [1.29, 1.82) is 0 Å². The number of benzene rings is 3. The smallest absolute Gasteiger partial charge is 0.323 e. The molecule has 1 heterocycles. The maximum Gasteiger partial charge on any atom is 0.323 e. The van der Waals surface area contributed by atoms with Crippen molar-refractivity contribution in [3.63, 3.8) is 0 Å². The maximum absolute atomic E-state index is 13.9. The number of esters is 1. The van der Waals surface area contributed by atoms with Crippen LogP contribution < -0.4 is 15.0 Å². The number of anilines is 1. The Labute approximate surface area is 226 Å². The quantitative estimate of drug-likeness (QED) is 0.344. The predicted molar refractivity (Wildman–Crippen MR) is 150 cm³/mol. The van der Waals surface area contributed by atoms with E-state index in [9.17, 15) is 9.59 Å². The average molecular weight is 515 g/mol. The Hall–Kier alpha value is -3.64. The SMILES string of the molecule is CC(C)C[C@H](NC1COc2ccccc2N(Cc2ccc(C(C)C)cc2)C1=O)C(=O)OCc1ccccc1. The number of para-hydroxylation sites is 2.